The van der Waals surface area contributed by atoms with Crippen LogP contribution in [0.15, 0.2) is 23.6 Å². The highest BCUT2D eigenvalue weighted by Gasteiger charge is 2.00. The molecule has 0 aromatic carbocycles. The molecule has 1 amide bonds. The van der Waals surface area contributed by atoms with Crippen LogP contribution in [-0.4, -0.2) is 11.7 Å². The molecule has 0 aliphatic heterocycles. The molecule has 0 aliphatic rings. The van der Waals surface area contributed by atoms with Crippen LogP contribution in [0.2, 0.25) is 0 Å². The maximum atomic E-state index is 10.6. The monoisotopic (exact) mass is 157 g/mol. The van der Waals surface area contributed by atoms with Crippen molar-refractivity contribution in [2.24, 2.45) is 5.73 Å². The minimum absolute atomic E-state index is 0.383. The van der Waals surface area contributed by atoms with Gasteiger partial charge < -0.3 is 5.73 Å². The van der Waals surface area contributed by atoms with E-state index < -0.39 is 0 Å². The highest BCUT2D eigenvalue weighted by atomic mass is 32.2. The van der Waals surface area contributed by atoms with Crippen LogP contribution in [0.1, 0.15) is 6.92 Å². The minimum atomic E-state index is -0.383. The molecule has 2 nitrogen and oxygen atoms in total. The number of carbonyl (C=O) groups excluding carboxylic acids is 1. The van der Waals surface area contributed by atoms with E-state index in [0.717, 1.165) is 5.75 Å². The molecule has 0 radical (unpaired) electrons. The minimum Gasteiger partial charge on any atom is -0.365 e. The third kappa shape index (κ3) is 3.35. The molecule has 0 atom stereocenters. The van der Waals surface area contributed by atoms with Crippen molar-refractivity contribution in [3.8, 4) is 0 Å². The van der Waals surface area contributed by atoms with Crippen LogP contribution in [0.3, 0.4) is 0 Å². The molecule has 0 aliphatic carbocycles. The second-order valence-electron chi connectivity index (χ2n) is 1.56. The van der Waals surface area contributed by atoms with Crippen LogP contribution in [0.25, 0.3) is 0 Å². The highest BCUT2D eigenvalue weighted by Crippen LogP contribution is 2.13. The van der Waals surface area contributed by atoms with Crippen molar-refractivity contribution in [3.63, 3.8) is 0 Å². The second kappa shape index (κ2) is 5.11. The summed E-state index contributed by atoms with van der Waals surface area (Å²) in [6.07, 6.45) is 3.18. The zero-order chi connectivity index (χ0) is 7.98. The molecule has 0 unspecified atom stereocenters. The predicted octanol–water partition coefficient (Wildman–Crippen LogP) is 1.29. The van der Waals surface area contributed by atoms with E-state index in [2.05, 4.69) is 6.58 Å². The summed E-state index contributed by atoms with van der Waals surface area (Å²) in [4.78, 5) is 11.1. The molecule has 0 saturated heterocycles. The van der Waals surface area contributed by atoms with Gasteiger partial charge in [-0.1, -0.05) is 19.6 Å². The van der Waals surface area contributed by atoms with Gasteiger partial charge in [0.25, 0.3) is 5.91 Å². The van der Waals surface area contributed by atoms with Crippen molar-refractivity contribution >= 4 is 17.7 Å². The molecule has 10 heavy (non-hydrogen) atoms. The molecule has 0 rings (SSSR count). The first-order valence-electron chi connectivity index (χ1n) is 2.97. The largest absolute Gasteiger partial charge is 0.365 e. The summed E-state index contributed by atoms with van der Waals surface area (Å²) in [5.41, 5.74) is 5.03. The Bertz CT molecular complexity index is 163. The Balaban J connectivity index is 4.11. The molecule has 0 aromatic heterocycles. The summed E-state index contributed by atoms with van der Waals surface area (Å²) in [5.74, 6) is 0.467. The fourth-order valence-electron chi connectivity index (χ4n) is 0.464. The number of allylic oxidation sites excluding steroid dienone is 2. The molecule has 0 spiro atoms. The molecule has 0 saturated carbocycles. The molecule has 0 heterocycles. The van der Waals surface area contributed by atoms with Crippen molar-refractivity contribution in [2.45, 2.75) is 6.92 Å². The van der Waals surface area contributed by atoms with Gasteiger partial charge in [-0.3, -0.25) is 4.79 Å². The fourth-order valence-corrected chi connectivity index (χ4v) is 1.11. The molecule has 0 fully saturated rings. The van der Waals surface area contributed by atoms with Gasteiger partial charge in [0.15, 0.2) is 0 Å². The molecular formula is C7H11NOS. The van der Waals surface area contributed by atoms with E-state index in [9.17, 15) is 4.79 Å². The van der Waals surface area contributed by atoms with Crippen LogP contribution in [0.5, 0.6) is 0 Å². The Kier molecular flexibility index (Phi) is 4.76. The van der Waals surface area contributed by atoms with Crippen LogP contribution < -0.4 is 5.73 Å². The van der Waals surface area contributed by atoms with Crippen molar-refractivity contribution < 1.29 is 4.79 Å². The normalized spacial score (nSPS) is 11.1. The summed E-state index contributed by atoms with van der Waals surface area (Å²) in [6, 6.07) is 0. The van der Waals surface area contributed by atoms with Crippen molar-refractivity contribution in [3.05, 3.63) is 23.6 Å². The smallest absolute Gasteiger partial charge is 0.255 e. The van der Waals surface area contributed by atoms with Crippen LogP contribution >= 0.6 is 11.8 Å². The lowest BCUT2D eigenvalue weighted by molar-refractivity contribution is -0.113. The summed E-state index contributed by atoms with van der Waals surface area (Å²) in [5, 5.41) is 0. The summed E-state index contributed by atoms with van der Waals surface area (Å²) >= 11 is 1.42. The van der Waals surface area contributed by atoms with E-state index >= 15 is 0 Å². The Morgan fingerprint density at radius 3 is 2.70 bits per heavy atom. The lowest BCUT2D eigenvalue weighted by Crippen LogP contribution is -2.11. The third-order valence-corrected chi connectivity index (χ3v) is 1.75. The lowest BCUT2D eigenvalue weighted by atomic mass is 10.5. The van der Waals surface area contributed by atoms with Gasteiger partial charge in [0.1, 0.15) is 0 Å². The van der Waals surface area contributed by atoms with Gasteiger partial charge in [-0.15, -0.1) is 11.8 Å². The fraction of sp³-hybridized carbons (Fsp3) is 0.286. The van der Waals surface area contributed by atoms with E-state index in [1.165, 1.54) is 11.8 Å². The van der Waals surface area contributed by atoms with Crippen LogP contribution in [0, 0.1) is 0 Å². The zero-order valence-electron chi connectivity index (χ0n) is 5.96. The molecule has 56 valence electrons. The number of hydrogen-bond acceptors (Lipinski definition) is 2. The van der Waals surface area contributed by atoms with E-state index in [1.54, 1.807) is 12.2 Å². The molecule has 2 N–H and O–H groups in total. The number of nitrogens with two attached hydrogens (primary N) is 1. The van der Waals surface area contributed by atoms with Crippen molar-refractivity contribution in [1.29, 1.82) is 0 Å². The summed E-state index contributed by atoms with van der Waals surface area (Å²) in [7, 11) is 0. The maximum absolute atomic E-state index is 10.6. The van der Waals surface area contributed by atoms with E-state index in [4.69, 9.17) is 5.73 Å². The van der Waals surface area contributed by atoms with Crippen LogP contribution in [0.4, 0.5) is 0 Å². The first-order chi connectivity index (χ1) is 4.72. The summed E-state index contributed by atoms with van der Waals surface area (Å²) in [6.45, 7) is 5.43. The second-order valence-corrected chi connectivity index (χ2v) is 2.87. The van der Waals surface area contributed by atoms with Gasteiger partial charge in [-0.2, -0.15) is 0 Å². The SMILES string of the molecule is C=C/C=C(\SCC)C(N)=O. The van der Waals surface area contributed by atoms with E-state index in [1.807, 2.05) is 6.92 Å². The van der Waals surface area contributed by atoms with E-state index in [-0.39, 0.29) is 5.91 Å². The van der Waals surface area contributed by atoms with Gasteiger partial charge in [0.2, 0.25) is 0 Å². The zero-order valence-corrected chi connectivity index (χ0v) is 6.78. The maximum Gasteiger partial charge on any atom is 0.255 e. The van der Waals surface area contributed by atoms with E-state index in [0.29, 0.717) is 4.91 Å². The summed E-state index contributed by atoms with van der Waals surface area (Å²) < 4.78 is 0. The number of hydrogen-bond donors (Lipinski definition) is 1. The Hall–Kier alpha value is -0.700. The van der Waals surface area contributed by atoms with Gasteiger partial charge in [-0.05, 0) is 11.8 Å². The van der Waals surface area contributed by atoms with Crippen molar-refractivity contribution in [2.75, 3.05) is 5.75 Å². The number of rotatable bonds is 4. The average molecular weight is 157 g/mol. The first-order valence-corrected chi connectivity index (χ1v) is 3.96. The quantitative estimate of drug-likeness (QED) is 0.493. The highest BCUT2D eigenvalue weighted by molar-refractivity contribution is 8.03. The molecule has 0 aromatic rings. The molecule has 0 bridgehead atoms. The third-order valence-electron chi connectivity index (χ3n) is 0.812. The topological polar surface area (TPSA) is 43.1 Å². The number of carbonyl (C=O) groups is 1. The average Bonchev–Trinajstić information content (AvgIpc) is 1.87. The van der Waals surface area contributed by atoms with Crippen LogP contribution in [-0.2, 0) is 4.79 Å². The first kappa shape index (κ1) is 9.30. The van der Waals surface area contributed by atoms with Gasteiger partial charge in [0.05, 0.1) is 4.91 Å². The molecular weight excluding hydrogens is 146 g/mol. The molecule has 3 heteroatoms. The number of thioether (sulfide) groups is 1. The van der Waals surface area contributed by atoms with Gasteiger partial charge in [-0.25, -0.2) is 0 Å². The standard InChI is InChI=1S/C7H11NOS/c1-3-5-6(7(8)9)10-4-2/h3,5H,1,4H2,2H3,(H2,8,9)/b6-5-. The number of primary amides is 1. The number of amides is 1. The Morgan fingerprint density at radius 1 is 1.80 bits per heavy atom. The van der Waals surface area contributed by atoms with Crippen molar-refractivity contribution in [1.82, 2.24) is 0 Å². The Labute approximate surface area is 65.2 Å². The predicted molar refractivity (Wildman–Crippen MR) is 45.6 cm³/mol. The lowest BCUT2D eigenvalue weighted by Gasteiger charge is -1.96. The Morgan fingerprint density at radius 2 is 2.40 bits per heavy atom. The van der Waals surface area contributed by atoms with Gasteiger partial charge in [0, 0.05) is 0 Å². The van der Waals surface area contributed by atoms with Gasteiger partial charge >= 0.3 is 0 Å².